The molecule has 0 spiro atoms. The predicted molar refractivity (Wildman–Crippen MR) is 99.9 cm³/mol. The van der Waals surface area contributed by atoms with Crippen LogP contribution in [0.5, 0.6) is 0 Å². The molecule has 1 saturated carbocycles. The van der Waals surface area contributed by atoms with Crippen LogP contribution in [0, 0.1) is 11.8 Å². The van der Waals surface area contributed by atoms with Crippen LogP contribution in [0.3, 0.4) is 0 Å². The number of fused-ring (bicyclic) bond motifs is 1. The number of H-pyrrole nitrogens is 1. The molecule has 1 amide bonds. The van der Waals surface area contributed by atoms with Crippen molar-refractivity contribution in [2.45, 2.75) is 57.9 Å². The van der Waals surface area contributed by atoms with Gasteiger partial charge in [0.05, 0.1) is 12.2 Å². The van der Waals surface area contributed by atoms with Gasteiger partial charge in [-0.3, -0.25) is 9.59 Å². The van der Waals surface area contributed by atoms with Crippen LogP contribution in [0.15, 0.2) is 4.79 Å². The largest absolute Gasteiger partial charge is 0.336 e. The molecule has 1 aliphatic carbocycles. The second-order valence-electron chi connectivity index (χ2n) is 8.46. The number of aromatic nitrogens is 2. The average molecular weight is 358 g/mol. The number of rotatable bonds is 5. The number of hydrogen-bond acceptors (Lipinski definition) is 4. The van der Waals surface area contributed by atoms with Crippen LogP contribution >= 0.6 is 0 Å². The van der Waals surface area contributed by atoms with Crippen LogP contribution in [0.2, 0.25) is 0 Å². The molecular formula is C20H30N4O2. The van der Waals surface area contributed by atoms with Gasteiger partial charge >= 0.3 is 0 Å². The second-order valence-corrected chi connectivity index (χ2v) is 8.46. The summed E-state index contributed by atoms with van der Waals surface area (Å²) in [6.07, 6.45) is 8.04. The molecule has 0 radical (unpaired) electrons. The van der Waals surface area contributed by atoms with E-state index in [1.807, 2.05) is 4.90 Å². The summed E-state index contributed by atoms with van der Waals surface area (Å²) in [5.41, 5.74) is 1.60. The normalized spacial score (nSPS) is 23.7. The van der Waals surface area contributed by atoms with E-state index in [0.29, 0.717) is 37.8 Å². The summed E-state index contributed by atoms with van der Waals surface area (Å²) in [6, 6.07) is 0. The van der Waals surface area contributed by atoms with E-state index in [2.05, 4.69) is 16.9 Å². The van der Waals surface area contributed by atoms with Crippen molar-refractivity contribution in [3.8, 4) is 0 Å². The van der Waals surface area contributed by atoms with E-state index in [-0.39, 0.29) is 11.5 Å². The standard InChI is InChI=1S/C20H30N4O2/c1-23-9-2-3-15(12-23)6-7-19(25)24-10-8-16-17(13-24)21-18(22-20(16)26)11-14-4-5-14/h14-15H,2-13H2,1H3,(H,21,22,26)/t15-/m1/s1. The fourth-order valence-corrected chi connectivity index (χ4v) is 4.39. The maximum Gasteiger partial charge on any atom is 0.254 e. The van der Waals surface area contributed by atoms with Gasteiger partial charge < -0.3 is 14.8 Å². The number of aromatic amines is 1. The van der Waals surface area contributed by atoms with Gasteiger partial charge in [-0.1, -0.05) is 0 Å². The van der Waals surface area contributed by atoms with Crippen molar-refractivity contribution in [3.05, 3.63) is 27.4 Å². The second kappa shape index (κ2) is 7.51. The van der Waals surface area contributed by atoms with E-state index < -0.39 is 0 Å². The van der Waals surface area contributed by atoms with E-state index in [9.17, 15) is 9.59 Å². The van der Waals surface area contributed by atoms with Gasteiger partial charge in [-0.05, 0) is 64.0 Å². The third kappa shape index (κ3) is 4.17. The lowest BCUT2D eigenvalue weighted by molar-refractivity contribution is -0.132. The van der Waals surface area contributed by atoms with Crippen molar-refractivity contribution in [2.24, 2.45) is 11.8 Å². The molecule has 2 fully saturated rings. The maximum absolute atomic E-state index is 12.7. The molecule has 1 aromatic heterocycles. The first-order valence-corrected chi connectivity index (χ1v) is 10.2. The average Bonchev–Trinajstić information content (AvgIpc) is 3.43. The zero-order chi connectivity index (χ0) is 18.1. The van der Waals surface area contributed by atoms with Crippen LogP contribution < -0.4 is 5.56 Å². The molecule has 1 aromatic rings. The molecule has 1 saturated heterocycles. The Morgan fingerprint density at radius 2 is 2.08 bits per heavy atom. The Balaban J connectivity index is 1.36. The molecule has 3 heterocycles. The minimum Gasteiger partial charge on any atom is -0.336 e. The van der Waals surface area contributed by atoms with Crippen LogP contribution in [0.1, 0.15) is 55.6 Å². The lowest BCUT2D eigenvalue weighted by atomic mass is 9.93. The Labute approximate surface area is 155 Å². The third-order valence-corrected chi connectivity index (χ3v) is 6.14. The lowest BCUT2D eigenvalue weighted by Crippen LogP contribution is -2.40. The highest BCUT2D eigenvalue weighted by Gasteiger charge is 2.27. The summed E-state index contributed by atoms with van der Waals surface area (Å²) in [6.45, 7) is 3.43. The molecule has 26 heavy (non-hydrogen) atoms. The molecule has 2 aliphatic heterocycles. The number of likely N-dealkylation sites (tertiary alicyclic amines) is 1. The number of nitrogens with zero attached hydrogens (tertiary/aromatic N) is 3. The highest BCUT2D eigenvalue weighted by molar-refractivity contribution is 5.76. The number of nitrogens with one attached hydrogen (secondary N) is 1. The van der Waals surface area contributed by atoms with E-state index in [4.69, 9.17) is 4.98 Å². The number of piperidine rings is 1. The summed E-state index contributed by atoms with van der Waals surface area (Å²) < 4.78 is 0. The van der Waals surface area contributed by atoms with E-state index in [0.717, 1.165) is 36.5 Å². The van der Waals surface area contributed by atoms with Gasteiger partial charge in [0, 0.05) is 31.5 Å². The van der Waals surface area contributed by atoms with Crippen LogP contribution in [0.25, 0.3) is 0 Å². The van der Waals surface area contributed by atoms with Crippen LogP contribution in [0.4, 0.5) is 0 Å². The molecule has 0 bridgehead atoms. The van der Waals surface area contributed by atoms with E-state index >= 15 is 0 Å². The first-order valence-electron chi connectivity index (χ1n) is 10.2. The fraction of sp³-hybridized carbons (Fsp3) is 0.750. The molecule has 1 atom stereocenters. The van der Waals surface area contributed by atoms with Crippen molar-refractivity contribution in [1.29, 1.82) is 0 Å². The summed E-state index contributed by atoms with van der Waals surface area (Å²) in [5, 5.41) is 0. The van der Waals surface area contributed by atoms with Gasteiger partial charge in [-0.15, -0.1) is 0 Å². The Morgan fingerprint density at radius 3 is 2.85 bits per heavy atom. The molecule has 3 aliphatic rings. The van der Waals surface area contributed by atoms with E-state index in [1.165, 1.54) is 32.2 Å². The lowest BCUT2D eigenvalue weighted by Gasteiger charge is -2.31. The highest BCUT2D eigenvalue weighted by Crippen LogP contribution is 2.31. The van der Waals surface area contributed by atoms with Gasteiger partial charge in [0.25, 0.3) is 5.56 Å². The van der Waals surface area contributed by atoms with Gasteiger partial charge in [0.1, 0.15) is 5.82 Å². The van der Waals surface area contributed by atoms with Crippen molar-refractivity contribution < 1.29 is 4.79 Å². The number of carbonyl (C=O) groups is 1. The molecular weight excluding hydrogens is 328 g/mol. The zero-order valence-corrected chi connectivity index (χ0v) is 15.8. The molecule has 0 aromatic carbocycles. The van der Waals surface area contributed by atoms with E-state index in [1.54, 1.807) is 0 Å². The summed E-state index contributed by atoms with van der Waals surface area (Å²) in [5.74, 6) is 2.34. The molecule has 4 rings (SSSR count). The summed E-state index contributed by atoms with van der Waals surface area (Å²) in [4.78, 5) is 36.9. The minimum atomic E-state index is 0.00277. The van der Waals surface area contributed by atoms with Crippen molar-refractivity contribution in [3.63, 3.8) is 0 Å². The first kappa shape index (κ1) is 17.7. The highest BCUT2D eigenvalue weighted by atomic mass is 16.2. The predicted octanol–water partition coefficient (Wildman–Crippen LogP) is 1.73. The smallest absolute Gasteiger partial charge is 0.254 e. The van der Waals surface area contributed by atoms with Gasteiger partial charge in [-0.2, -0.15) is 0 Å². The Hall–Kier alpha value is -1.69. The van der Waals surface area contributed by atoms with Crippen molar-refractivity contribution >= 4 is 5.91 Å². The van der Waals surface area contributed by atoms with Gasteiger partial charge in [0.2, 0.25) is 5.91 Å². The fourth-order valence-electron chi connectivity index (χ4n) is 4.39. The monoisotopic (exact) mass is 358 g/mol. The summed E-state index contributed by atoms with van der Waals surface area (Å²) in [7, 11) is 2.16. The minimum absolute atomic E-state index is 0.00277. The molecule has 142 valence electrons. The Bertz CT molecular complexity index is 725. The Kier molecular flexibility index (Phi) is 5.11. The molecule has 6 heteroatoms. The topological polar surface area (TPSA) is 69.3 Å². The number of hydrogen-bond donors (Lipinski definition) is 1. The molecule has 0 unspecified atom stereocenters. The summed E-state index contributed by atoms with van der Waals surface area (Å²) >= 11 is 0. The molecule has 6 nitrogen and oxygen atoms in total. The first-order chi connectivity index (χ1) is 12.6. The van der Waals surface area contributed by atoms with Crippen LogP contribution in [-0.4, -0.2) is 52.4 Å². The van der Waals surface area contributed by atoms with Gasteiger partial charge in [-0.25, -0.2) is 4.98 Å². The van der Waals surface area contributed by atoms with Gasteiger partial charge in [0.15, 0.2) is 0 Å². The number of amides is 1. The van der Waals surface area contributed by atoms with Crippen molar-refractivity contribution in [2.75, 3.05) is 26.7 Å². The zero-order valence-electron chi connectivity index (χ0n) is 15.8. The Morgan fingerprint density at radius 1 is 1.23 bits per heavy atom. The SMILES string of the molecule is CN1CCC[C@H](CCC(=O)N2CCc3c(nc(CC4CC4)[nH]c3=O)C2)C1. The number of carbonyl (C=O) groups excluding carboxylic acids is 1. The maximum atomic E-state index is 12.7. The van der Waals surface area contributed by atoms with Crippen molar-refractivity contribution in [1.82, 2.24) is 19.8 Å². The molecule has 1 N–H and O–H groups in total. The van der Waals surface area contributed by atoms with Crippen LogP contribution in [-0.2, 0) is 24.2 Å². The third-order valence-electron chi connectivity index (χ3n) is 6.14. The quantitative estimate of drug-likeness (QED) is 0.870.